The minimum atomic E-state index is -0.564. The lowest BCUT2D eigenvalue weighted by molar-refractivity contribution is -0.113. The number of carbonyl (C=O) groups excluding carboxylic acids is 2. The minimum Gasteiger partial charge on any atom is -0.462 e. The maximum Gasteiger partial charge on any atom is 0.338 e. The second-order valence-corrected chi connectivity index (χ2v) is 5.56. The van der Waals surface area contributed by atoms with Crippen molar-refractivity contribution in [3.05, 3.63) is 35.4 Å². The maximum atomic E-state index is 12.3. The SMILES string of the molecule is CCCCOC(=O)c1ccccc1C1(C=O)CCNCC1. The number of benzene rings is 1. The van der Waals surface area contributed by atoms with Gasteiger partial charge in [0.1, 0.15) is 6.29 Å². The van der Waals surface area contributed by atoms with Gasteiger partial charge in [0.05, 0.1) is 17.6 Å². The lowest BCUT2D eigenvalue weighted by Gasteiger charge is -2.34. The van der Waals surface area contributed by atoms with E-state index in [1.165, 1.54) is 0 Å². The molecule has 1 N–H and O–H groups in total. The quantitative estimate of drug-likeness (QED) is 0.496. The Morgan fingerprint density at radius 1 is 1.33 bits per heavy atom. The number of piperidine rings is 1. The van der Waals surface area contributed by atoms with Crippen molar-refractivity contribution >= 4 is 12.3 Å². The van der Waals surface area contributed by atoms with Crippen molar-refractivity contribution in [2.24, 2.45) is 0 Å². The van der Waals surface area contributed by atoms with Crippen molar-refractivity contribution in [2.45, 2.75) is 38.0 Å². The van der Waals surface area contributed by atoms with Crippen LogP contribution in [0.3, 0.4) is 0 Å². The summed E-state index contributed by atoms with van der Waals surface area (Å²) >= 11 is 0. The average molecular weight is 289 g/mol. The molecule has 4 heteroatoms. The fourth-order valence-electron chi connectivity index (χ4n) is 2.81. The normalized spacial score (nSPS) is 17.2. The Bertz CT molecular complexity index is 493. The number of unbranched alkanes of at least 4 members (excludes halogenated alkanes) is 1. The first kappa shape index (κ1) is 15.7. The molecule has 0 spiro atoms. The minimum absolute atomic E-state index is 0.321. The number of aldehydes is 1. The molecule has 1 heterocycles. The average Bonchev–Trinajstić information content (AvgIpc) is 2.55. The molecule has 4 nitrogen and oxygen atoms in total. The van der Waals surface area contributed by atoms with E-state index in [2.05, 4.69) is 12.2 Å². The van der Waals surface area contributed by atoms with Crippen molar-refractivity contribution < 1.29 is 14.3 Å². The van der Waals surface area contributed by atoms with E-state index in [1.54, 1.807) is 6.07 Å². The molecule has 1 saturated heterocycles. The van der Waals surface area contributed by atoms with Crippen LogP contribution in [-0.4, -0.2) is 32.0 Å². The van der Waals surface area contributed by atoms with Crippen LogP contribution < -0.4 is 5.32 Å². The van der Waals surface area contributed by atoms with Crippen LogP contribution in [0.15, 0.2) is 24.3 Å². The Morgan fingerprint density at radius 2 is 2.05 bits per heavy atom. The van der Waals surface area contributed by atoms with Gasteiger partial charge in [-0.1, -0.05) is 31.5 Å². The molecular weight excluding hydrogens is 266 g/mol. The van der Waals surface area contributed by atoms with Crippen molar-refractivity contribution in [1.82, 2.24) is 5.32 Å². The molecule has 0 bridgehead atoms. The molecule has 1 aliphatic rings. The van der Waals surface area contributed by atoms with Crippen molar-refractivity contribution in [3.63, 3.8) is 0 Å². The Morgan fingerprint density at radius 3 is 2.71 bits per heavy atom. The van der Waals surface area contributed by atoms with Crippen molar-refractivity contribution in [2.75, 3.05) is 19.7 Å². The molecule has 0 radical (unpaired) electrons. The molecule has 114 valence electrons. The fourth-order valence-corrected chi connectivity index (χ4v) is 2.81. The van der Waals surface area contributed by atoms with E-state index in [0.29, 0.717) is 12.2 Å². The summed E-state index contributed by atoms with van der Waals surface area (Å²) in [5, 5.41) is 3.26. The van der Waals surface area contributed by atoms with Crippen LogP contribution in [0.5, 0.6) is 0 Å². The summed E-state index contributed by atoms with van der Waals surface area (Å²) in [7, 11) is 0. The van der Waals surface area contributed by atoms with E-state index < -0.39 is 5.41 Å². The summed E-state index contributed by atoms with van der Waals surface area (Å²) in [6, 6.07) is 7.35. The van der Waals surface area contributed by atoms with Gasteiger partial charge in [0, 0.05) is 0 Å². The summed E-state index contributed by atoms with van der Waals surface area (Å²) in [5.74, 6) is -0.321. The Labute approximate surface area is 125 Å². The molecular formula is C17H23NO3. The van der Waals surface area contributed by atoms with Gasteiger partial charge >= 0.3 is 5.97 Å². The second kappa shape index (κ2) is 7.36. The highest BCUT2D eigenvalue weighted by molar-refractivity contribution is 5.93. The van der Waals surface area contributed by atoms with Crippen LogP contribution in [0.25, 0.3) is 0 Å². The third kappa shape index (κ3) is 3.50. The third-order valence-electron chi connectivity index (χ3n) is 4.14. The van der Waals surface area contributed by atoms with Crippen LogP contribution >= 0.6 is 0 Å². The summed E-state index contributed by atoms with van der Waals surface area (Å²) in [4.78, 5) is 24.0. The molecule has 2 rings (SSSR count). The van der Waals surface area contributed by atoms with Gasteiger partial charge in [-0.25, -0.2) is 4.79 Å². The molecule has 0 aliphatic carbocycles. The highest BCUT2D eigenvalue weighted by Crippen LogP contribution is 2.34. The Hall–Kier alpha value is -1.68. The predicted molar refractivity (Wildman–Crippen MR) is 81.5 cm³/mol. The van der Waals surface area contributed by atoms with E-state index in [0.717, 1.165) is 50.6 Å². The molecule has 0 aromatic heterocycles. The first-order chi connectivity index (χ1) is 10.2. The number of hydrogen-bond donors (Lipinski definition) is 1. The van der Waals surface area contributed by atoms with Crippen molar-refractivity contribution in [1.29, 1.82) is 0 Å². The number of hydrogen-bond acceptors (Lipinski definition) is 4. The lowest BCUT2D eigenvalue weighted by Crippen LogP contribution is -2.42. The Kier molecular flexibility index (Phi) is 5.51. The monoisotopic (exact) mass is 289 g/mol. The molecule has 0 unspecified atom stereocenters. The standard InChI is InChI=1S/C17H23NO3/c1-2-3-12-21-16(20)14-6-4-5-7-15(14)17(13-19)8-10-18-11-9-17/h4-7,13,18H,2-3,8-12H2,1H3. The van der Waals surface area contributed by atoms with E-state index in [-0.39, 0.29) is 5.97 Å². The van der Waals surface area contributed by atoms with Crippen LogP contribution in [0, 0.1) is 0 Å². The van der Waals surface area contributed by atoms with E-state index in [4.69, 9.17) is 4.74 Å². The van der Waals surface area contributed by atoms with Gasteiger partial charge in [-0.15, -0.1) is 0 Å². The topological polar surface area (TPSA) is 55.4 Å². The van der Waals surface area contributed by atoms with Gasteiger partial charge in [0.2, 0.25) is 0 Å². The van der Waals surface area contributed by atoms with Crippen LogP contribution in [0.1, 0.15) is 48.5 Å². The van der Waals surface area contributed by atoms with Crippen molar-refractivity contribution in [3.8, 4) is 0 Å². The summed E-state index contributed by atoms with van der Waals surface area (Å²) in [6.07, 6.45) is 4.28. The third-order valence-corrected chi connectivity index (χ3v) is 4.14. The van der Waals surface area contributed by atoms with Crippen LogP contribution in [0.4, 0.5) is 0 Å². The van der Waals surface area contributed by atoms with E-state index >= 15 is 0 Å². The number of nitrogens with one attached hydrogen (secondary N) is 1. The molecule has 0 atom stereocenters. The van der Waals surface area contributed by atoms with Gasteiger partial charge in [-0.3, -0.25) is 0 Å². The Balaban J connectivity index is 2.27. The fraction of sp³-hybridized carbons (Fsp3) is 0.529. The number of carbonyl (C=O) groups is 2. The lowest BCUT2D eigenvalue weighted by atomic mass is 9.72. The molecule has 0 amide bonds. The highest BCUT2D eigenvalue weighted by atomic mass is 16.5. The second-order valence-electron chi connectivity index (χ2n) is 5.56. The van der Waals surface area contributed by atoms with Crippen LogP contribution in [0.2, 0.25) is 0 Å². The zero-order valence-corrected chi connectivity index (χ0v) is 12.6. The van der Waals surface area contributed by atoms with Gasteiger partial charge in [-0.2, -0.15) is 0 Å². The summed E-state index contributed by atoms with van der Waals surface area (Å²) < 4.78 is 5.32. The maximum absolute atomic E-state index is 12.3. The largest absolute Gasteiger partial charge is 0.462 e. The first-order valence-corrected chi connectivity index (χ1v) is 7.67. The molecule has 1 aromatic rings. The van der Waals surface area contributed by atoms with Gasteiger partial charge < -0.3 is 14.8 Å². The highest BCUT2D eigenvalue weighted by Gasteiger charge is 2.36. The molecule has 1 aliphatic heterocycles. The smallest absolute Gasteiger partial charge is 0.338 e. The van der Waals surface area contributed by atoms with Gasteiger partial charge in [0.25, 0.3) is 0 Å². The van der Waals surface area contributed by atoms with Gasteiger partial charge in [-0.05, 0) is 44.0 Å². The number of rotatable bonds is 6. The molecule has 1 aromatic carbocycles. The molecule has 0 saturated carbocycles. The zero-order chi connectivity index (χ0) is 15.1. The van der Waals surface area contributed by atoms with E-state index in [1.807, 2.05) is 18.2 Å². The summed E-state index contributed by atoms with van der Waals surface area (Å²) in [6.45, 7) is 4.06. The summed E-state index contributed by atoms with van der Waals surface area (Å²) in [5.41, 5.74) is 0.775. The van der Waals surface area contributed by atoms with Crippen LogP contribution in [-0.2, 0) is 14.9 Å². The predicted octanol–water partition coefficient (Wildman–Crippen LogP) is 2.46. The zero-order valence-electron chi connectivity index (χ0n) is 12.6. The number of ether oxygens (including phenoxy) is 1. The van der Waals surface area contributed by atoms with E-state index in [9.17, 15) is 9.59 Å². The molecule has 1 fully saturated rings. The molecule has 21 heavy (non-hydrogen) atoms. The number of esters is 1. The van der Waals surface area contributed by atoms with Gasteiger partial charge in [0.15, 0.2) is 0 Å². The first-order valence-electron chi connectivity index (χ1n) is 7.67.